The number of nitrogens with one attached hydrogen (secondary N) is 1. The molecule has 3 heteroatoms. The SMILES string of the molecule is CN(CC1CC2CCCCC2N1)c1ccccc1F. The van der Waals surface area contributed by atoms with Gasteiger partial charge in [-0.05, 0) is 37.3 Å². The van der Waals surface area contributed by atoms with Gasteiger partial charge in [-0.1, -0.05) is 25.0 Å². The van der Waals surface area contributed by atoms with Gasteiger partial charge < -0.3 is 10.2 Å². The van der Waals surface area contributed by atoms with E-state index in [1.165, 1.54) is 38.2 Å². The van der Waals surface area contributed by atoms with Crippen molar-refractivity contribution in [1.29, 1.82) is 0 Å². The Morgan fingerprint density at radius 1 is 1.26 bits per heavy atom. The highest BCUT2D eigenvalue weighted by Gasteiger charge is 2.35. The molecule has 0 bridgehead atoms. The van der Waals surface area contributed by atoms with E-state index in [2.05, 4.69) is 5.32 Å². The highest BCUT2D eigenvalue weighted by molar-refractivity contribution is 5.46. The van der Waals surface area contributed by atoms with Gasteiger partial charge in [0.25, 0.3) is 0 Å². The van der Waals surface area contributed by atoms with Crippen LogP contribution in [0.3, 0.4) is 0 Å². The van der Waals surface area contributed by atoms with E-state index in [1.54, 1.807) is 6.07 Å². The Kier molecular flexibility index (Phi) is 3.74. The Balaban J connectivity index is 1.61. The van der Waals surface area contributed by atoms with Crippen LogP contribution in [-0.2, 0) is 0 Å². The molecule has 1 aliphatic carbocycles. The molecule has 1 aromatic carbocycles. The number of anilines is 1. The van der Waals surface area contributed by atoms with Crippen LogP contribution >= 0.6 is 0 Å². The van der Waals surface area contributed by atoms with E-state index in [-0.39, 0.29) is 5.82 Å². The standard InChI is InChI=1S/C16H23FN2/c1-19(16-9-5-3-7-14(16)17)11-13-10-12-6-2-4-8-15(12)18-13/h3,5,7,9,12-13,15,18H,2,4,6,8,10-11H2,1H3. The minimum Gasteiger partial charge on any atom is -0.371 e. The fourth-order valence-electron chi connectivity index (χ4n) is 3.76. The number of hydrogen-bond acceptors (Lipinski definition) is 2. The van der Waals surface area contributed by atoms with Crippen LogP contribution in [0.4, 0.5) is 10.1 Å². The molecule has 2 aliphatic rings. The number of hydrogen-bond donors (Lipinski definition) is 1. The third kappa shape index (κ3) is 2.76. The molecular formula is C16H23FN2. The third-order valence-corrected chi connectivity index (χ3v) is 4.70. The molecule has 104 valence electrons. The Morgan fingerprint density at radius 2 is 2.05 bits per heavy atom. The van der Waals surface area contributed by atoms with Crippen molar-refractivity contribution in [3.05, 3.63) is 30.1 Å². The van der Waals surface area contributed by atoms with Gasteiger partial charge in [0, 0.05) is 25.7 Å². The van der Waals surface area contributed by atoms with Gasteiger partial charge in [-0.15, -0.1) is 0 Å². The quantitative estimate of drug-likeness (QED) is 0.900. The predicted molar refractivity (Wildman–Crippen MR) is 77.0 cm³/mol. The van der Waals surface area contributed by atoms with Crippen molar-refractivity contribution in [1.82, 2.24) is 5.32 Å². The van der Waals surface area contributed by atoms with Crippen LogP contribution in [-0.4, -0.2) is 25.7 Å². The second-order valence-electron chi connectivity index (χ2n) is 6.08. The zero-order chi connectivity index (χ0) is 13.2. The first-order valence-corrected chi connectivity index (χ1v) is 7.46. The number of halogens is 1. The molecule has 2 nitrogen and oxygen atoms in total. The maximum absolute atomic E-state index is 13.7. The normalized spacial score (nSPS) is 30.1. The first-order valence-electron chi connectivity index (χ1n) is 7.46. The number of benzene rings is 1. The van der Waals surface area contributed by atoms with E-state index in [4.69, 9.17) is 0 Å². The lowest BCUT2D eigenvalue weighted by Gasteiger charge is -2.25. The second kappa shape index (κ2) is 5.49. The van der Waals surface area contributed by atoms with E-state index in [0.717, 1.165) is 12.5 Å². The minimum atomic E-state index is -0.125. The average Bonchev–Trinajstić information content (AvgIpc) is 2.81. The molecule has 1 saturated carbocycles. The molecule has 3 unspecified atom stereocenters. The topological polar surface area (TPSA) is 15.3 Å². The van der Waals surface area contributed by atoms with Crippen LogP contribution in [0.1, 0.15) is 32.1 Å². The molecule has 1 aromatic rings. The number of para-hydroxylation sites is 1. The number of fused-ring (bicyclic) bond motifs is 1. The first kappa shape index (κ1) is 12.9. The summed E-state index contributed by atoms with van der Waals surface area (Å²) in [6, 6.07) is 8.27. The van der Waals surface area contributed by atoms with E-state index in [9.17, 15) is 4.39 Å². The van der Waals surface area contributed by atoms with Crippen molar-refractivity contribution in [2.75, 3.05) is 18.5 Å². The van der Waals surface area contributed by atoms with Crippen LogP contribution in [0.15, 0.2) is 24.3 Å². The third-order valence-electron chi connectivity index (χ3n) is 4.70. The number of rotatable bonds is 3. The zero-order valence-electron chi connectivity index (χ0n) is 11.6. The van der Waals surface area contributed by atoms with E-state index >= 15 is 0 Å². The fourth-order valence-corrected chi connectivity index (χ4v) is 3.76. The summed E-state index contributed by atoms with van der Waals surface area (Å²) in [5, 5.41) is 3.75. The van der Waals surface area contributed by atoms with E-state index in [1.807, 2.05) is 24.1 Å². The first-order chi connectivity index (χ1) is 9.24. The van der Waals surface area contributed by atoms with Gasteiger partial charge in [0.05, 0.1) is 5.69 Å². The second-order valence-corrected chi connectivity index (χ2v) is 6.08. The summed E-state index contributed by atoms with van der Waals surface area (Å²) in [7, 11) is 1.99. The van der Waals surface area contributed by atoms with Gasteiger partial charge in [0.1, 0.15) is 5.82 Å². The van der Waals surface area contributed by atoms with Crippen molar-refractivity contribution in [2.45, 2.75) is 44.2 Å². The van der Waals surface area contributed by atoms with Crippen molar-refractivity contribution in [2.24, 2.45) is 5.92 Å². The van der Waals surface area contributed by atoms with Gasteiger partial charge in [-0.2, -0.15) is 0 Å². The summed E-state index contributed by atoms with van der Waals surface area (Å²) >= 11 is 0. The Hall–Kier alpha value is -1.09. The van der Waals surface area contributed by atoms with Gasteiger partial charge in [0.15, 0.2) is 0 Å². The summed E-state index contributed by atoms with van der Waals surface area (Å²) in [4.78, 5) is 2.05. The summed E-state index contributed by atoms with van der Waals surface area (Å²) in [6.07, 6.45) is 6.70. The summed E-state index contributed by atoms with van der Waals surface area (Å²) in [5.74, 6) is 0.730. The lowest BCUT2D eigenvalue weighted by molar-refractivity contribution is 0.325. The van der Waals surface area contributed by atoms with E-state index < -0.39 is 0 Å². The molecule has 0 spiro atoms. The van der Waals surface area contributed by atoms with Gasteiger partial charge >= 0.3 is 0 Å². The van der Waals surface area contributed by atoms with Crippen LogP contribution in [0, 0.1) is 11.7 Å². The van der Waals surface area contributed by atoms with E-state index in [0.29, 0.717) is 17.8 Å². The van der Waals surface area contributed by atoms with Crippen LogP contribution < -0.4 is 10.2 Å². The van der Waals surface area contributed by atoms with Crippen LogP contribution in [0.2, 0.25) is 0 Å². The smallest absolute Gasteiger partial charge is 0.146 e. The van der Waals surface area contributed by atoms with Crippen molar-refractivity contribution < 1.29 is 4.39 Å². The fraction of sp³-hybridized carbons (Fsp3) is 0.625. The molecule has 3 rings (SSSR count). The number of nitrogens with zero attached hydrogens (tertiary/aromatic N) is 1. The van der Waals surface area contributed by atoms with Gasteiger partial charge in [-0.25, -0.2) is 4.39 Å². The monoisotopic (exact) mass is 262 g/mol. The predicted octanol–water partition coefficient (Wildman–Crippen LogP) is 3.18. The molecule has 1 aliphatic heterocycles. The summed E-state index contributed by atoms with van der Waals surface area (Å²) < 4.78 is 13.7. The molecular weight excluding hydrogens is 239 g/mol. The highest BCUT2D eigenvalue weighted by Crippen LogP contribution is 2.33. The summed E-state index contributed by atoms with van der Waals surface area (Å²) in [5.41, 5.74) is 0.708. The zero-order valence-corrected chi connectivity index (χ0v) is 11.6. The highest BCUT2D eigenvalue weighted by atomic mass is 19.1. The van der Waals surface area contributed by atoms with Crippen molar-refractivity contribution in [3.8, 4) is 0 Å². The lowest BCUT2D eigenvalue weighted by Crippen LogP contribution is -2.39. The molecule has 1 N–H and O–H groups in total. The van der Waals surface area contributed by atoms with Crippen molar-refractivity contribution >= 4 is 5.69 Å². The maximum atomic E-state index is 13.7. The van der Waals surface area contributed by atoms with Gasteiger partial charge in [-0.3, -0.25) is 0 Å². The minimum absolute atomic E-state index is 0.125. The molecule has 0 aromatic heterocycles. The molecule has 0 radical (unpaired) electrons. The van der Waals surface area contributed by atoms with Crippen molar-refractivity contribution in [3.63, 3.8) is 0 Å². The molecule has 1 heterocycles. The maximum Gasteiger partial charge on any atom is 0.146 e. The Labute approximate surface area is 115 Å². The van der Waals surface area contributed by atoms with Gasteiger partial charge in [0.2, 0.25) is 0 Å². The molecule has 0 amide bonds. The average molecular weight is 262 g/mol. The molecule has 2 fully saturated rings. The Morgan fingerprint density at radius 3 is 2.84 bits per heavy atom. The number of likely N-dealkylation sites (N-methyl/N-ethyl adjacent to an activating group) is 1. The largest absolute Gasteiger partial charge is 0.371 e. The Bertz CT molecular complexity index is 421. The lowest BCUT2D eigenvalue weighted by atomic mass is 9.85. The summed E-state index contributed by atoms with van der Waals surface area (Å²) in [6.45, 7) is 0.897. The van der Waals surface area contributed by atoms with Crippen LogP contribution in [0.5, 0.6) is 0 Å². The molecule has 3 atom stereocenters. The molecule has 19 heavy (non-hydrogen) atoms. The molecule has 1 saturated heterocycles. The van der Waals surface area contributed by atoms with Crippen LogP contribution in [0.25, 0.3) is 0 Å².